The van der Waals surface area contributed by atoms with Crippen LogP contribution in [0, 0.1) is 5.82 Å². The van der Waals surface area contributed by atoms with Crippen molar-refractivity contribution in [2.75, 3.05) is 0 Å². The van der Waals surface area contributed by atoms with Gasteiger partial charge < -0.3 is 4.98 Å². The summed E-state index contributed by atoms with van der Waals surface area (Å²) in [4.78, 5) is 3.30. The van der Waals surface area contributed by atoms with Crippen molar-refractivity contribution in [3.05, 3.63) is 72.5 Å². The highest BCUT2D eigenvalue weighted by molar-refractivity contribution is 5.98. The van der Waals surface area contributed by atoms with E-state index < -0.39 is 0 Å². The Kier molecular flexibility index (Phi) is 2.36. The largest absolute Gasteiger partial charge is 0.354 e. The predicted molar refractivity (Wildman–Crippen MR) is 81.2 cm³/mol. The Bertz CT molecular complexity index is 916. The molecule has 4 aromatic rings. The van der Waals surface area contributed by atoms with Crippen LogP contribution in [0.3, 0.4) is 0 Å². The Hall–Kier alpha value is -2.61. The second-order valence-electron chi connectivity index (χ2n) is 4.91. The third-order valence-electron chi connectivity index (χ3n) is 3.69. The van der Waals surface area contributed by atoms with Gasteiger partial charge in [0, 0.05) is 22.2 Å². The number of aromatic nitrogens is 1. The van der Waals surface area contributed by atoms with E-state index in [0.717, 1.165) is 16.8 Å². The minimum atomic E-state index is -0.190. The number of fused-ring (bicyclic) bond motifs is 2. The molecule has 0 aliphatic heterocycles. The maximum atomic E-state index is 13.8. The summed E-state index contributed by atoms with van der Waals surface area (Å²) in [5.74, 6) is -0.190. The first-order valence-corrected chi connectivity index (χ1v) is 6.58. The Morgan fingerprint density at radius 1 is 0.750 bits per heavy atom. The highest BCUT2D eigenvalue weighted by Gasteiger charge is 2.09. The van der Waals surface area contributed by atoms with Crippen LogP contribution in [0.1, 0.15) is 0 Å². The molecule has 3 aromatic carbocycles. The van der Waals surface area contributed by atoms with E-state index in [9.17, 15) is 4.39 Å². The lowest BCUT2D eigenvalue weighted by atomic mass is 10.0. The van der Waals surface area contributed by atoms with Gasteiger partial charge in [-0.2, -0.15) is 0 Å². The molecule has 0 aliphatic carbocycles. The molecule has 0 saturated carbocycles. The zero-order valence-corrected chi connectivity index (χ0v) is 10.7. The van der Waals surface area contributed by atoms with Crippen molar-refractivity contribution in [1.82, 2.24) is 4.98 Å². The summed E-state index contributed by atoms with van der Waals surface area (Å²) in [5.41, 5.74) is 2.87. The van der Waals surface area contributed by atoms with Crippen LogP contribution < -0.4 is 0 Å². The number of nitrogens with one attached hydrogen (secondary N) is 1. The Morgan fingerprint density at radius 2 is 1.55 bits per heavy atom. The Balaban J connectivity index is 2.04. The standard InChI is InChI=1S/C18H12FN/c19-16-9-4-10-17-15(16)11-18(20-17)14-8-3-6-12-5-1-2-7-13(12)14/h1-11,20H. The number of hydrogen-bond acceptors (Lipinski definition) is 0. The van der Waals surface area contributed by atoms with Crippen molar-refractivity contribution in [3.63, 3.8) is 0 Å². The number of H-pyrrole nitrogens is 1. The first kappa shape index (κ1) is 11.2. The number of aromatic amines is 1. The van der Waals surface area contributed by atoms with E-state index >= 15 is 0 Å². The van der Waals surface area contributed by atoms with Gasteiger partial charge in [-0.15, -0.1) is 0 Å². The van der Waals surface area contributed by atoms with Gasteiger partial charge >= 0.3 is 0 Å². The number of hydrogen-bond donors (Lipinski definition) is 1. The molecular weight excluding hydrogens is 249 g/mol. The fourth-order valence-electron chi connectivity index (χ4n) is 2.72. The SMILES string of the molecule is Fc1cccc2[nH]c(-c3cccc4ccccc34)cc12. The van der Waals surface area contributed by atoms with Crippen LogP contribution in [0.2, 0.25) is 0 Å². The van der Waals surface area contributed by atoms with E-state index in [1.54, 1.807) is 6.07 Å². The Labute approximate surface area is 115 Å². The lowest BCUT2D eigenvalue weighted by molar-refractivity contribution is 0.640. The van der Waals surface area contributed by atoms with E-state index in [4.69, 9.17) is 0 Å². The molecular formula is C18H12FN. The van der Waals surface area contributed by atoms with E-state index in [1.165, 1.54) is 16.8 Å². The van der Waals surface area contributed by atoms with E-state index in [2.05, 4.69) is 29.2 Å². The maximum absolute atomic E-state index is 13.8. The topological polar surface area (TPSA) is 15.8 Å². The highest BCUT2D eigenvalue weighted by Crippen LogP contribution is 2.31. The molecule has 96 valence electrons. The summed E-state index contributed by atoms with van der Waals surface area (Å²) in [6, 6.07) is 21.4. The summed E-state index contributed by atoms with van der Waals surface area (Å²) >= 11 is 0. The minimum Gasteiger partial charge on any atom is -0.354 e. The molecule has 0 aliphatic rings. The highest BCUT2D eigenvalue weighted by atomic mass is 19.1. The molecule has 4 rings (SSSR count). The van der Waals surface area contributed by atoms with Crippen molar-refractivity contribution >= 4 is 21.7 Å². The number of rotatable bonds is 1. The second-order valence-corrected chi connectivity index (χ2v) is 4.91. The van der Waals surface area contributed by atoms with Crippen LogP contribution >= 0.6 is 0 Å². The Morgan fingerprint density at radius 3 is 2.45 bits per heavy atom. The molecule has 1 aromatic heterocycles. The molecule has 0 unspecified atom stereocenters. The van der Waals surface area contributed by atoms with Crippen LogP contribution in [0.15, 0.2) is 66.7 Å². The van der Waals surface area contributed by atoms with Gasteiger partial charge in [0.25, 0.3) is 0 Å². The van der Waals surface area contributed by atoms with Gasteiger partial charge in [-0.05, 0) is 29.0 Å². The third-order valence-corrected chi connectivity index (χ3v) is 3.69. The van der Waals surface area contributed by atoms with Gasteiger partial charge in [0.2, 0.25) is 0 Å². The summed E-state index contributed by atoms with van der Waals surface area (Å²) in [5, 5.41) is 2.99. The molecule has 1 nitrogen and oxygen atoms in total. The van der Waals surface area contributed by atoms with E-state index in [1.807, 2.05) is 30.3 Å². The molecule has 0 spiro atoms. The molecule has 1 N–H and O–H groups in total. The average molecular weight is 261 g/mol. The molecule has 20 heavy (non-hydrogen) atoms. The van der Waals surface area contributed by atoms with Crippen LogP contribution in [0.4, 0.5) is 4.39 Å². The molecule has 0 radical (unpaired) electrons. The predicted octanol–water partition coefficient (Wildman–Crippen LogP) is 5.13. The van der Waals surface area contributed by atoms with Crippen LogP contribution in [0.25, 0.3) is 32.9 Å². The molecule has 0 bridgehead atoms. The molecule has 2 heteroatoms. The summed E-state index contributed by atoms with van der Waals surface area (Å²) in [6.45, 7) is 0. The summed E-state index contributed by atoms with van der Waals surface area (Å²) in [6.07, 6.45) is 0. The first-order chi connectivity index (χ1) is 9.83. The van der Waals surface area contributed by atoms with E-state index in [-0.39, 0.29) is 5.82 Å². The molecule has 0 atom stereocenters. The zero-order valence-electron chi connectivity index (χ0n) is 10.7. The molecule has 1 heterocycles. The van der Waals surface area contributed by atoms with Crippen LogP contribution in [-0.4, -0.2) is 4.98 Å². The van der Waals surface area contributed by atoms with Crippen molar-refractivity contribution < 1.29 is 4.39 Å². The third kappa shape index (κ3) is 1.62. The average Bonchev–Trinajstić information content (AvgIpc) is 2.92. The fraction of sp³-hybridized carbons (Fsp3) is 0. The second kappa shape index (κ2) is 4.20. The number of halogens is 1. The van der Waals surface area contributed by atoms with Crippen molar-refractivity contribution in [2.45, 2.75) is 0 Å². The quantitative estimate of drug-likeness (QED) is 0.489. The van der Waals surface area contributed by atoms with Gasteiger partial charge in [0.05, 0.1) is 0 Å². The molecule has 0 fully saturated rings. The first-order valence-electron chi connectivity index (χ1n) is 6.58. The van der Waals surface area contributed by atoms with Crippen LogP contribution in [0.5, 0.6) is 0 Å². The van der Waals surface area contributed by atoms with Crippen molar-refractivity contribution in [1.29, 1.82) is 0 Å². The summed E-state index contributed by atoms with van der Waals surface area (Å²) in [7, 11) is 0. The monoisotopic (exact) mass is 261 g/mol. The van der Waals surface area contributed by atoms with Crippen molar-refractivity contribution in [3.8, 4) is 11.3 Å². The van der Waals surface area contributed by atoms with Gasteiger partial charge in [0.1, 0.15) is 5.82 Å². The molecule has 0 saturated heterocycles. The normalized spacial score (nSPS) is 11.2. The van der Waals surface area contributed by atoms with Gasteiger partial charge in [-0.1, -0.05) is 48.5 Å². The minimum absolute atomic E-state index is 0.190. The van der Waals surface area contributed by atoms with Gasteiger partial charge in [-0.3, -0.25) is 0 Å². The van der Waals surface area contributed by atoms with Gasteiger partial charge in [0.15, 0.2) is 0 Å². The van der Waals surface area contributed by atoms with Crippen LogP contribution in [-0.2, 0) is 0 Å². The zero-order chi connectivity index (χ0) is 13.5. The number of benzene rings is 3. The van der Waals surface area contributed by atoms with Gasteiger partial charge in [-0.25, -0.2) is 4.39 Å². The fourth-order valence-corrected chi connectivity index (χ4v) is 2.72. The molecule has 0 amide bonds. The lowest BCUT2D eigenvalue weighted by Gasteiger charge is -2.04. The maximum Gasteiger partial charge on any atom is 0.132 e. The van der Waals surface area contributed by atoms with E-state index in [0.29, 0.717) is 5.39 Å². The smallest absolute Gasteiger partial charge is 0.132 e. The van der Waals surface area contributed by atoms with Crippen molar-refractivity contribution in [2.24, 2.45) is 0 Å². The summed E-state index contributed by atoms with van der Waals surface area (Å²) < 4.78 is 13.8. The lowest BCUT2D eigenvalue weighted by Crippen LogP contribution is -1.80.